The van der Waals surface area contributed by atoms with Crippen molar-refractivity contribution in [2.75, 3.05) is 13.2 Å². The number of nitrogens with one attached hydrogen (secondary N) is 1. The summed E-state index contributed by atoms with van der Waals surface area (Å²) in [4.78, 5) is 12.0. The summed E-state index contributed by atoms with van der Waals surface area (Å²) in [7, 11) is 0. The van der Waals surface area contributed by atoms with Crippen molar-refractivity contribution < 1.29 is 9.53 Å². The lowest BCUT2D eigenvalue weighted by Gasteiger charge is -2.31. The lowest BCUT2D eigenvalue weighted by molar-refractivity contribution is -0.124. The molecule has 1 fully saturated rings. The van der Waals surface area contributed by atoms with Crippen molar-refractivity contribution in [3.8, 4) is 0 Å². The van der Waals surface area contributed by atoms with Crippen LogP contribution < -0.4 is 11.1 Å². The Hall–Kier alpha value is -0.610. The Balaban J connectivity index is 2.31. The molecule has 0 bridgehead atoms. The van der Waals surface area contributed by atoms with Gasteiger partial charge in [-0.3, -0.25) is 4.79 Å². The van der Waals surface area contributed by atoms with Crippen molar-refractivity contribution in [3.05, 3.63) is 0 Å². The summed E-state index contributed by atoms with van der Waals surface area (Å²) in [6.07, 6.45) is 6.02. The van der Waals surface area contributed by atoms with Gasteiger partial charge < -0.3 is 15.8 Å². The molecule has 1 heterocycles. The molecule has 0 saturated carbocycles. The molecule has 0 spiro atoms. The molecular weight excluding hydrogens is 240 g/mol. The summed E-state index contributed by atoms with van der Waals surface area (Å²) in [6.45, 7) is 7.66. The molecular formula is C15H30N2O2. The highest BCUT2D eigenvalue weighted by Crippen LogP contribution is 2.18. The summed E-state index contributed by atoms with van der Waals surface area (Å²) >= 11 is 0. The van der Waals surface area contributed by atoms with E-state index in [9.17, 15) is 4.79 Å². The molecule has 0 aliphatic carbocycles. The van der Waals surface area contributed by atoms with Gasteiger partial charge in [0.25, 0.3) is 0 Å². The van der Waals surface area contributed by atoms with Gasteiger partial charge in [0, 0.05) is 25.1 Å². The molecule has 0 aromatic heterocycles. The molecule has 1 saturated heterocycles. The molecule has 4 heteroatoms. The van der Waals surface area contributed by atoms with Gasteiger partial charge in [0.15, 0.2) is 0 Å². The van der Waals surface area contributed by atoms with E-state index in [2.05, 4.69) is 19.2 Å². The Morgan fingerprint density at radius 1 is 1.47 bits per heavy atom. The zero-order valence-corrected chi connectivity index (χ0v) is 12.7. The second kappa shape index (κ2) is 7.85. The fraction of sp³-hybridized carbons (Fsp3) is 0.933. The molecule has 4 nitrogen and oxygen atoms in total. The first-order valence-electron chi connectivity index (χ1n) is 7.58. The van der Waals surface area contributed by atoms with Crippen molar-refractivity contribution in [1.82, 2.24) is 5.32 Å². The van der Waals surface area contributed by atoms with Gasteiger partial charge in [-0.1, -0.05) is 13.8 Å². The third-order valence-electron chi connectivity index (χ3n) is 3.72. The Labute approximate surface area is 117 Å². The van der Waals surface area contributed by atoms with Crippen LogP contribution in [-0.2, 0) is 9.53 Å². The summed E-state index contributed by atoms with van der Waals surface area (Å²) < 4.78 is 5.64. The maximum atomic E-state index is 12.0. The summed E-state index contributed by atoms with van der Waals surface area (Å²) in [6, 6.07) is 0. The first-order chi connectivity index (χ1) is 8.95. The lowest BCUT2D eigenvalue weighted by Crippen LogP contribution is -2.52. The van der Waals surface area contributed by atoms with Crippen molar-refractivity contribution in [2.24, 2.45) is 11.7 Å². The monoisotopic (exact) mass is 270 g/mol. The molecule has 1 aliphatic rings. The average molecular weight is 270 g/mol. The van der Waals surface area contributed by atoms with E-state index in [1.165, 1.54) is 6.42 Å². The maximum Gasteiger partial charge on any atom is 0.220 e. The van der Waals surface area contributed by atoms with E-state index in [4.69, 9.17) is 10.5 Å². The van der Waals surface area contributed by atoms with E-state index < -0.39 is 0 Å². The molecule has 3 N–H and O–H groups in total. The quantitative estimate of drug-likeness (QED) is 0.745. The molecule has 1 rings (SSSR count). The zero-order chi connectivity index (χ0) is 14.3. The topological polar surface area (TPSA) is 64.3 Å². The van der Waals surface area contributed by atoms with Crippen molar-refractivity contribution in [3.63, 3.8) is 0 Å². The van der Waals surface area contributed by atoms with Gasteiger partial charge in [-0.2, -0.15) is 0 Å². The number of rotatable bonds is 7. The van der Waals surface area contributed by atoms with Crippen molar-refractivity contribution >= 4 is 5.91 Å². The van der Waals surface area contributed by atoms with Gasteiger partial charge in [-0.05, 0) is 44.9 Å². The SMILES string of the molecule is CC(C)CC(C)(CN)NC(=O)CCC1CCCCO1. The van der Waals surface area contributed by atoms with E-state index in [1.54, 1.807) is 0 Å². The van der Waals surface area contributed by atoms with E-state index in [0.29, 0.717) is 18.9 Å². The van der Waals surface area contributed by atoms with Crippen molar-refractivity contribution in [2.45, 2.75) is 70.9 Å². The highest BCUT2D eigenvalue weighted by Gasteiger charge is 2.26. The number of carbonyl (C=O) groups is 1. The number of nitrogens with two attached hydrogens (primary N) is 1. The highest BCUT2D eigenvalue weighted by molar-refractivity contribution is 5.76. The smallest absolute Gasteiger partial charge is 0.220 e. The number of hydrogen-bond donors (Lipinski definition) is 2. The Morgan fingerprint density at radius 3 is 2.74 bits per heavy atom. The van der Waals surface area contributed by atoms with Crippen molar-refractivity contribution in [1.29, 1.82) is 0 Å². The number of ether oxygens (including phenoxy) is 1. The van der Waals surface area contributed by atoms with Crippen LogP contribution in [-0.4, -0.2) is 30.7 Å². The minimum absolute atomic E-state index is 0.0998. The van der Waals surface area contributed by atoms with E-state index >= 15 is 0 Å². The van der Waals surface area contributed by atoms with Crippen LogP contribution in [0.2, 0.25) is 0 Å². The number of carbonyl (C=O) groups excluding carboxylic acids is 1. The minimum atomic E-state index is -0.279. The molecule has 1 aliphatic heterocycles. The van der Waals surface area contributed by atoms with E-state index in [-0.39, 0.29) is 17.6 Å². The van der Waals surface area contributed by atoms with Crippen LogP contribution in [0.15, 0.2) is 0 Å². The summed E-state index contributed by atoms with van der Waals surface area (Å²) in [5.41, 5.74) is 5.52. The summed E-state index contributed by atoms with van der Waals surface area (Å²) in [5, 5.41) is 3.09. The number of amides is 1. The van der Waals surface area contributed by atoms with E-state index in [0.717, 1.165) is 32.3 Å². The fourth-order valence-corrected chi connectivity index (χ4v) is 2.81. The van der Waals surface area contributed by atoms with E-state index in [1.807, 2.05) is 6.92 Å². The van der Waals surface area contributed by atoms with Gasteiger partial charge in [0.2, 0.25) is 5.91 Å². The second-order valence-electron chi connectivity index (χ2n) is 6.44. The van der Waals surface area contributed by atoms with Crippen LogP contribution in [0, 0.1) is 5.92 Å². The van der Waals surface area contributed by atoms with Crippen LogP contribution in [0.5, 0.6) is 0 Å². The zero-order valence-electron chi connectivity index (χ0n) is 12.7. The molecule has 19 heavy (non-hydrogen) atoms. The van der Waals surface area contributed by atoms with Gasteiger partial charge >= 0.3 is 0 Å². The van der Waals surface area contributed by atoms with Gasteiger partial charge in [-0.15, -0.1) is 0 Å². The first-order valence-corrected chi connectivity index (χ1v) is 7.58. The third-order valence-corrected chi connectivity index (χ3v) is 3.72. The third kappa shape index (κ3) is 6.39. The van der Waals surface area contributed by atoms with Crippen LogP contribution in [0.1, 0.15) is 59.3 Å². The molecule has 0 radical (unpaired) electrons. The van der Waals surface area contributed by atoms with Gasteiger partial charge in [0.05, 0.1) is 6.10 Å². The largest absolute Gasteiger partial charge is 0.378 e. The molecule has 0 aromatic rings. The average Bonchev–Trinajstić information content (AvgIpc) is 2.36. The van der Waals surface area contributed by atoms with Crippen LogP contribution in [0.25, 0.3) is 0 Å². The lowest BCUT2D eigenvalue weighted by atomic mass is 9.90. The molecule has 1 amide bonds. The normalized spacial score (nSPS) is 23.1. The van der Waals surface area contributed by atoms with Crippen LogP contribution in [0.4, 0.5) is 0 Å². The maximum absolute atomic E-state index is 12.0. The van der Waals surface area contributed by atoms with Crippen LogP contribution in [0.3, 0.4) is 0 Å². The summed E-state index contributed by atoms with van der Waals surface area (Å²) in [5.74, 6) is 0.623. The second-order valence-corrected chi connectivity index (χ2v) is 6.44. The predicted molar refractivity (Wildman–Crippen MR) is 77.9 cm³/mol. The molecule has 2 unspecified atom stereocenters. The first kappa shape index (κ1) is 16.4. The Morgan fingerprint density at radius 2 is 2.21 bits per heavy atom. The highest BCUT2D eigenvalue weighted by atomic mass is 16.5. The Kier molecular flexibility index (Phi) is 6.80. The predicted octanol–water partition coefficient (Wildman–Crippen LogP) is 2.22. The molecule has 112 valence electrons. The standard InChI is InChI=1S/C15H30N2O2/c1-12(2)10-15(3,11-16)17-14(18)8-7-13-6-4-5-9-19-13/h12-13H,4-11,16H2,1-3H3,(H,17,18). The minimum Gasteiger partial charge on any atom is -0.378 e. The number of hydrogen-bond acceptors (Lipinski definition) is 3. The fourth-order valence-electron chi connectivity index (χ4n) is 2.81. The molecule has 2 atom stereocenters. The Bertz CT molecular complexity index is 275. The van der Waals surface area contributed by atoms with Gasteiger partial charge in [0.1, 0.15) is 0 Å². The van der Waals surface area contributed by atoms with Gasteiger partial charge in [-0.25, -0.2) is 0 Å². The van der Waals surface area contributed by atoms with Crippen LogP contribution >= 0.6 is 0 Å². The molecule has 0 aromatic carbocycles.